The molecule has 0 aliphatic carbocycles. The average Bonchev–Trinajstić information content (AvgIpc) is 2.20. The summed E-state index contributed by atoms with van der Waals surface area (Å²) < 4.78 is 18.1. The lowest BCUT2D eigenvalue weighted by atomic mass is 10.2. The van der Waals surface area contributed by atoms with E-state index in [-0.39, 0.29) is 12.4 Å². The van der Waals surface area contributed by atoms with Crippen molar-refractivity contribution in [2.75, 3.05) is 6.61 Å². The monoisotopic (exact) mass is 193 g/mol. The summed E-state index contributed by atoms with van der Waals surface area (Å²) in [5.74, 6) is 2.75. The van der Waals surface area contributed by atoms with E-state index in [1.807, 2.05) is 0 Å². The van der Waals surface area contributed by atoms with E-state index in [1.54, 1.807) is 6.07 Å². The molecule has 1 rings (SSSR count). The maximum atomic E-state index is 12.8. The zero-order chi connectivity index (χ0) is 10.4. The molecule has 74 valence electrons. The fraction of sp³-hybridized carbons (Fsp3) is 0.273. The SMILES string of the molecule is C#CCCOc1ccc(F)cc1CN. The summed E-state index contributed by atoms with van der Waals surface area (Å²) in [6.07, 6.45) is 5.60. The first-order valence-corrected chi connectivity index (χ1v) is 4.32. The molecule has 0 saturated carbocycles. The normalized spacial score (nSPS) is 9.50. The molecule has 2 N–H and O–H groups in total. The van der Waals surface area contributed by atoms with Crippen molar-refractivity contribution in [2.45, 2.75) is 13.0 Å². The topological polar surface area (TPSA) is 35.2 Å². The van der Waals surface area contributed by atoms with Gasteiger partial charge in [-0.2, -0.15) is 0 Å². The van der Waals surface area contributed by atoms with Crippen LogP contribution in [0.3, 0.4) is 0 Å². The second kappa shape index (κ2) is 5.25. The minimum Gasteiger partial charge on any atom is -0.492 e. The molecule has 0 unspecified atom stereocenters. The third-order valence-electron chi connectivity index (χ3n) is 1.75. The smallest absolute Gasteiger partial charge is 0.124 e. The minimum atomic E-state index is -0.310. The molecule has 14 heavy (non-hydrogen) atoms. The first-order chi connectivity index (χ1) is 6.77. The van der Waals surface area contributed by atoms with Crippen LogP contribution in [0.2, 0.25) is 0 Å². The first kappa shape index (κ1) is 10.6. The number of hydrogen-bond donors (Lipinski definition) is 1. The fourth-order valence-corrected chi connectivity index (χ4v) is 1.07. The highest BCUT2D eigenvalue weighted by Crippen LogP contribution is 2.19. The molecule has 2 nitrogen and oxygen atoms in total. The van der Waals surface area contributed by atoms with E-state index in [0.717, 1.165) is 0 Å². The zero-order valence-corrected chi connectivity index (χ0v) is 7.79. The van der Waals surface area contributed by atoms with Crippen molar-refractivity contribution in [3.8, 4) is 18.1 Å². The number of nitrogens with two attached hydrogens (primary N) is 1. The molecule has 0 fully saturated rings. The van der Waals surface area contributed by atoms with Crippen LogP contribution in [0.1, 0.15) is 12.0 Å². The molecule has 0 amide bonds. The van der Waals surface area contributed by atoms with E-state index in [4.69, 9.17) is 16.9 Å². The Labute approximate surface area is 82.9 Å². The van der Waals surface area contributed by atoms with E-state index < -0.39 is 0 Å². The third-order valence-corrected chi connectivity index (χ3v) is 1.75. The number of terminal acetylenes is 1. The van der Waals surface area contributed by atoms with Crippen LogP contribution >= 0.6 is 0 Å². The summed E-state index contributed by atoms with van der Waals surface area (Å²) in [7, 11) is 0. The molecule has 0 atom stereocenters. The summed E-state index contributed by atoms with van der Waals surface area (Å²) in [4.78, 5) is 0. The van der Waals surface area contributed by atoms with Crippen LogP contribution in [0.25, 0.3) is 0 Å². The molecule has 1 aromatic rings. The minimum absolute atomic E-state index is 0.253. The summed E-state index contributed by atoms with van der Waals surface area (Å²) >= 11 is 0. The Balaban J connectivity index is 2.71. The standard InChI is InChI=1S/C11H12FNO/c1-2-3-6-14-11-5-4-10(12)7-9(11)8-13/h1,4-5,7H,3,6,8,13H2. The highest BCUT2D eigenvalue weighted by atomic mass is 19.1. The molecule has 0 aliphatic rings. The maximum absolute atomic E-state index is 12.8. The van der Waals surface area contributed by atoms with E-state index in [9.17, 15) is 4.39 Å². The van der Waals surface area contributed by atoms with Gasteiger partial charge in [0.05, 0.1) is 6.61 Å². The molecule has 0 bridgehead atoms. The number of ether oxygens (including phenoxy) is 1. The Morgan fingerprint density at radius 2 is 2.29 bits per heavy atom. The molecule has 0 radical (unpaired) electrons. The third kappa shape index (κ3) is 2.75. The predicted molar refractivity (Wildman–Crippen MR) is 53.2 cm³/mol. The highest BCUT2D eigenvalue weighted by molar-refractivity contribution is 5.33. The van der Waals surface area contributed by atoms with E-state index in [1.165, 1.54) is 12.1 Å². The Kier molecular flexibility index (Phi) is 3.96. The molecule has 1 aromatic carbocycles. The number of benzene rings is 1. The second-order valence-electron chi connectivity index (χ2n) is 2.76. The Bertz CT molecular complexity index is 344. The van der Waals surface area contributed by atoms with Crippen LogP contribution in [0, 0.1) is 18.2 Å². The van der Waals surface area contributed by atoms with Crippen LogP contribution in [0.4, 0.5) is 4.39 Å². The molecular weight excluding hydrogens is 181 g/mol. The van der Waals surface area contributed by atoms with E-state index in [0.29, 0.717) is 24.3 Å². The lowest BCUT2D eigenvalue weighted by molar-refractivity contribution is 0.323. The van der Waals surface area contributed by atoms with Crippen molar-refractivity contribution >= 4 is 0 Å². The molecule has 3 heteroatoms. The Hall–Kier alpha value is -1.53. The van der Waals surface area contributed by atoms with Crippen LogP contribution < -0.4 is 10.5 Å². The molecular formula is C11H12FNO. The van der Waals surface area contributed by atoms with Crippen molar-refractivity contribution in [2.24, 2.45) is 5.73 Å². The number of halogens is 1. The van der Waals surface area contributed by atoms with Crippen LogP contribution in [0.15, 0.2) is 18.2 Å². The molecule has 0 spiro atoms. The summed E-state index contributed by atoms with van der Waals surface area (Å²) in [6, 6.07) is 4.27. The van der Waals surface area contributed by atoms with Crippen molar-refractivity contribution in [1.29, 1.82) is 0 Å². The molecule has 0 aliphatic heterocycles. The van der Waals surface area contributed by atoms with Crippen LogP contribution in [0.5, 0.6) is 5.75 Å². The Morgan fingerprint density at radius 1 is 1.50 bits per heavy atom. The van der Waals surface area contributed by atoms with Gasteiger partial charge in [0.15, 0.2) is 0 Å². The van der Waals surface area contributed by atoms with Gasteiger partial charge in [-0.25, -0.2) is 4.39 Å². The number of rotatable bonds is 4. The molecule has 0 aromatic heterocycles. The van der Waals surface area contributed by atoms with Crippen LogP contribution in [-0.2, 0) is 6.54 Å². The first-order valence-electron chi connectivity index (χ1n) is 4.32. The predicted octanol–water partition coefficient (Wildman–Crippen LogP) is 1.69. The summed E-state index contributed by atoms with van der Waals surface area (Å²) in [6.45, 7) is 0.679. The lowest BCUT2D eigenvalue weighted by Gasteiger charge is -2.08. The molecule has 0 saturated heterocycles. The quantitative estimate of drug-likeness (QED) is 0.583. The van der Waals surface area contributed by atoms with Gasteiger partial charge >= 0.3 is 0 Å². The highest BCUT2D eigenvalue weighted by Gasteiger charge is 2.02. The van der Waals surface area contributed by atoms with E-state index >= 15 is 0 Å². The zero-order valence-electron chi connectivity index (χ0n) is 7.79. The second-order valence-corrected chi connectivity index (χ2v) is 2.76. The van der Waals surface area contributed by atoms with Gasteiger partial charge in [0.2, 0.25) is 0 Å². The average molecular weight is 193 g/mol. The van der Waals surface area contributed by atoms with Crippen LogP contribution in [-0.4, -0.2) is 6.61 Å². The van der Waals surface area contributed by atoms with Gasteiger partial charge < -0.3 is 10.5 Å². The van der Waals surface area contributed by atoms with Gasteiger partial charge in [0.25, 0.3) is 0 Å². The van der Waals surface area contributed by atoms with Gasteiger partial charge in [0.1, 0.15) is 11.6 Å². The van der Waals surface area contributed by atoms with Crippen molar-refractivity contribution in [3.05, 3.63) is 29.6 Å². The van der Waals surface area contributed by atoms with Gasteiger partial charge in [-0.05, 0) is 18.2 Å². The largest absolute Gasteiger partial charge is 0.492 e. The fourth-order valence-electron chi connectivity index (χ4n) is 1.07. The van der Waals surface area contributed by atoms with Gasteiger partial charge in [0, 0.05) is 18.5 Å². The lowest BCUT2D eigenvalue weighted by Crippen LogP contribution is -2.03. The summed E-state index contributed by atoms with van der Waals surface area (Å²) in [5.41, 5.74) is 6.09. The maximum Gasteiger partial charge on any atom is 0.124 e. The van der Waals surface area contributed by atoms with Gasteiger partial charge in [-0.1, -0.05) is 0 Å². The van der Waals surface area contributed by atoms with Crippen molar-refractivity contribution in [1.82, 2.24) is 0 Å². The van der Waals surface area contributed by atoms with Crippen molar-refractivity contribution in [3.63, 3.8) is 0 Å². The van der Waals surface area contributed by atoms with Gasteiger partial charge in [-0.3, -0.25) is 0 Å². The van der Waals surface area contributed by atoms with Crippen molar-refractivity contribution < 1.29 is 9.13 Å². The molecule has 0 heterocycles. The van der Waals surface area contributed by atoms with Gasteiger partial charge in [-0.15, -0.1) is 12.3 Å². The van der Waals surface area contributed by atoms with E-state index in [2.05, 4.69) is 5.92 Å². The summed E-state index contributed by atoms with van der Waals surface area (Å²) in [5, 5.41) is 0. The number of hydrogen-bond acceptors (Lipinski definition) is 2. The Morgan fingerprint density at radius 3 is 2.93 bits per heavy atom.